The van der Waals surface area contributed by atoms with E-state index in [0.717, 1.165) is 26.9 Å². The van der Waals surface area contributed by atoms with Gasteiger partial charge in [0.1, 0.15) is 0 Å². The average molecular weight is 371 g/mol. The van der Waals surface area contributed by atoms with E-state index in [9.17, 15) is 4.79 Å². The molecule has 0 spiro atoms. The molecule has 2 aromatic rings. The third-order valence-corrected chi connectivity index (χ3v) is 4.69. The van der Waals surface area contributed by atoms with Crippen LogP contribution in [-0.2, 0) is 11.2 Å². The molecule has 1 aliphatic heterocycles. The maximum absolute atomic E-state index is 11.4. The molecule has 0 radical (unpaired) electrons. The summed E-state index contributed by atoms with van der Waals surface area (Å²) in [5, 5.41) is 3.18. The number of fused-ring (bicyclic) bond motifs is 1. The highest BCUT2D eigenvalue weighted by atomic mass is 79.9. The lowest BCUT2D eigenvalue weighted by molar-refractivity contribution is -0.115. The lowest BCUT2D eigenvalue weighted by atomic mass is 10.0. The summed E-state index contributed by atoms with van der Waals surface area (Å²) in [7, 11) is 0. The van der Waals surface area contributed by atoms with E-state index in [1.807, 2.05) is 36.4 Å². The molecule has 0 aromatic heterocycles. The lowest BCUT2D eigenvalue weighted by Gasteiger charge is -2.13. The second-order valence-corrected chi connectivity index (χ2v) is 6.40. The minimum Gasteiger partial charge on any atom is -0.326 e. The zero-order valence-corrected chi connectivity index (χ0v) is 13.4. The van der Waals surface area contributed by atoms with Crippen molar-refractivity contribution in [3.8, 4) is 0 Å². The number of benzene rings is 2. The Balaban J connectivity index is 1.97. The van der Waals surface area contributed by atoms with Crippen LogP contribution < -0.4 is 5.32 Å². The summed E-state index contributed by atoms with van der Waals surface area (Å²) in [6, 6.07) is 11.4. The van der Waals surface area contributed by atoms with Gasteiger partial charge in [-0.05, 0) is 34.9 Å². The maximum Gasteiger partial charge on any atom is 0.228 e. The lowest BCUT2D eigenvalue weighted by Crippen LogP contribution is -2.03. The molecule has 0 bridgehead atoms. The summed E-state index contributed by atoms with van der Waals surface area (Å²) in [4.78, 5) is 11.4. The molecular weight excluding hydrogens is 361 g/mol. The van der Waals surface area contributed by atoms with Gasteiger partial charge < -0.3 is 5.32 Å². The van der Waals surface area contributed by atoms with Gasteiger partial charge in [-0.15, -0.1) is 11.6 Å². The molecule has 1 heterocycles. The number of halogens is 3. The topological polar surface area (TPSA) is 29.1 Å². The number of hydrogen-bond acceptors (Lipinski definition) is 1. The van der Waals surface area contributed by atoms with Crippen molar-refractivity contribution < 1.29 is 4.79 Å². The Bertz CT molecular complexity index is 702. The van der Waals surface area contributed by atoms with E-state index in [2.05, 4.69) is 21.2 Å². The van der Waals surface area contributed by atoms with Crippen LogP contribution in [-0.4, -0.2) is 5.91 Å². The number of anilines is 1. The SMILES string of the molecule is O=C1Cc2cc(C(Cl)c3ccc(Cl)cc3Br)ccc2N1. The zero-order chi connectivity index (χ0) is 14.3. The smallest absolute Gasteiger partial charge is 0.228 e. The first-order valence-corrected chi connectivity index (χ1v) is 7.67. The van der Waals surface area contributed by atoms with Gasteiger partial charge in [-0.25, -0.2) is 0 Å². The molecule has 1 N–H and O–H groups in total. The second kappa shape index (κ2) is 5.40. The minimum atomic E-state index is -0.289. The number of carbonyl (C=O) groups excluding carboxylic acids is 1. The van der Waals surface area contributed by atoms with Crippen LogP contribution in [0.1, 0.15) is 22.1 Å². The van der Waals surface area contributed by atoms with E-state index in [0.29, 0.717) is 11.4 Å². The first-order chi connectivity index (χ1) is 9.54. The van der Waals surface area contributed by atoms with Crippen molar-refractivity contribution in [2.24, 2.45) is 0 Å². The molecule has 1 aliphatic rings. The van der Waals surface area contributed by atoms with E-state index in [1.165, 1.54) is 0 Å². The monoisotopic (exact) mass is 369 g/mol. The number of alkyl halides is 1. The van der Waals surface area contributed by atoms with E-state index in [1.54, 1.807) is 0 Å². The van der Waals surface area contributed by atoms with Crippen molar-refractivity contribution in [2.75, 3.05) is 5.32 Å². The average Bonchev–Trinajstić information content (AvgIpc) is 2.77. The quantitative estimate of drug-likeness (QED) is 0.746. The van der Waals surface area contributed by atoms with Crippen LogP contribution in [0.3, 0.4) is 0 Å². The fourth-order valence-corrected chi connectivity index (χ4v) is 3.66. The highest BCUT2D eigenvalue weighted by Crippen LogP contribution is 2.37. The minimum absolute atomic E-state index is 0.0240. The van der Waals surface area contributed by atoms with Gasteiger partial charge in [-0.3, -0.25) is 4.79 Å². The van der Waals surface area contributed by atoms with Crippen LogP contribution in [0, 0.1) is 0 Å². The molecule has 1 atom stereocenters. The van der Waals surface area contributed by atoms with Gasteiger partial charge in [-0.2, -0.15) is 0 Å². The van der Waals surface area contributed by atoms with Crippen molar-refractivity contribution >= 4 is 50.7 Å². The van der Waals surface area contributed by atoms with Crippen molar-refractivity contribution in [1.29, 1.82) is 0 Å². The Kier molecular flexibility index (Phi) is 3.76. The fourth-order valence-electron chi connectivity index (χ4n) is 2.29. The molecule has 0 saturated heterocycles. The van der Waals surface area contributed by atoms with Crippen LogP contribution in [0.5, 0.6) is 0 Å². The molecule has 20 heavy (non-hydrogen) atoms. The van der Waals surface area contributed by atoms with Crippen LogP contribution in [0.25, 0.3) is 0 Å². The molecule has 0 fully saturated rings. The molecular formula is C15H10BrCl2NO. The van der Waals surface area contributed by atoms with Crippen LogP contribution in [0.15, 0.2) is 40.9 Å². The van der Waals surface area contributed by atoms with Gasteiger partial charge in [0.2, 0.25) is 5.91 Å². The Morgan fingerprint density at radius 1 is 1.20 bits per heavy atom. The Hall–Kier alpha value is -1.03. The van der Waals surface area contributed by atoms with Gasteiger partial charge in [0.25, 0.3) is 0 Å². The van der Waals surface area contributed by atoms with Gasteiger partial charge >= 0.3 is 0 Å². The second-order valence-electron chi connectivity index (χ2n) is 4.67. The van der Waals surface area contributed by atoms with E-state index in [-0.39, 0.29) is 11.3 Å². The number of nitrogens with one attached hydrogen (secondary N) is 1. The number of carbonyl (C=O) groups is 1. The molecule has 0 aliphatic carbocycles. The molecule has 102 valence electrons. The van der Waals surface area contributed by atoms with Crippen molar-refractivity contribution in [3.05, 3.63) is 62.6 Å². The largest absolute Gasteiger partial charge is 0.326 e. The molecule has 3 rings (SSSR count). The molecule has 0 saturated carbocycles. The summed E-state index contributed by atoms with van der Waals surface area (Å²) >= 11 is 16.0. The Morgan fingerprint density at radius 3 is 2.75 bits per heavy atom. The summed E-state index contributed by atoms with van der Waals surface area (Å²) in [6.45, 7) is 0. The Morgan fingerprint density at radius 2 is 2.00 bits per heavy atom. The predicted molar refractivity (Wildman–Crippen MR) is 85.6 cm³/mol. The molecule has 5 heteroatoms. The summed E-state index contributed by atoms with van der Waals surface area (Å²) in [6.07, 6.45) is 0.411. The van der Waals surface area contributed by atoms with Gasteiger partial charge in [-0.1, -0.05) is 45.7 Å². The zero-order valence-electron chi connectivity index (χ0n) is 10.3. The van der Waals surface area contributed by atoms with E-state index in [4.69, 9.17) is 23.2 Å². The number of amides is 1. The molecule has 1 amide bonds. The van der Waals surface area contributed by atoms with Gasteiger partial charge in [0, 0.05) is 15.2 Å². The van der Waals surface area contributed by atoms with Crippen LogP contribution >= 0.6 is 39.1 Å². The fraction of sp³-hybridized carbons (Fsp3) is 0.133. The first kappa shape index (κ1) is 13.9. The maximum atomic E-state index is 11.4. The van der Waals surface area contributed by atoms with E-state index < -0.39 is 0 Å². The molecule has 2 nitrogen and oxygen atoms in total. The van der Waals surface area contributed by atoms with Crippen LogP contribution in [0.4, 0.5) is 5.69 Å². The summed E-state index contributed by atoms with van der Waals surface area (Å²) in [5.74, 6) is 0.0240. The third kappa shape index (κ3) is 2.58. The predicted octanol–water partition coefficient (Wildman–Crippen LogP) is 4.93. The highest BCUT2D eigenvalue weighted by Gasteiger charge is 2.20. The van der Waals surface area contributed by atoms with Crippen LogP contribution in [0.2, 0.25) is 5.02 Å². The first-order valence-electron chi connectivity index (χ1n) is 6.06. The van der Waals surface area contributed by atoms with Gasteiger partial charge in [0.15, 0.2) is 0 Å². The van der Waals surface area contributed by atoms with Gasteiger partial charge in [0.05, 0.1) is 11.8 Å². The van der Waals surface area contributed by atoms with Crippen molar-refractivity contribution in [3.63, 3.8) is 0 Å². The van der Waals surface area contributed by atoms with E-state index >= 15 is 0 Å². The number of hydrogen-bond donors (Lipinski definition) is 1. The molecule has 1 unspecified atom stereocenters. The van der Waals surface area contributed by atoms with Crippen molar-refractivity contribution in [2.45, 2.75) is 11.8 Å². The number of rotatable bonds is 2. The summed E-state index contributed by atoms with van der Waals surface area (Å²) in [5.41, 5.74) is 3.78. The highest BCUT2D eigenvalue weighted by molar-refractivity contribution is 9.10. The standard InChI is InChI=1S/C15H10BrCl2NO/c16-12-7-10(17)2-3-11(12)15(18)8-1-4-13-9(5-8)6-14(20)19-13/h1-5,7,15H,6H2,(H,19,20). The van der Waals surface area contributed by atoms with Crippen molar-refractivity contribution in [1.82, 2.24) is 0 Å². The Labute approximate surface area is 135 Å². The molecule has 2 aromatic carbocycles. The summed E-state index contributed by atoms with van der Waals surface area (Å²) < 4.78 is 0.875. The normalized spacial score (nSPS) is 14.8. The third-order valence-electron chi connectivity index (χ3n) is 3.28.